The number of nitrogens with zero attached hydrogens (tertiary/aromatic N) is 1. The average molecular weight is 250 g/mol. The second-order valence-electron chi connectivity index (χ2n) is 1.86. The standard InChI is InChI=1S/C6H7BrN2.HNO3/c7-5-3-1-2-4-6(5)9-8;2-1(3)4/h1-4,9H,8H2;(H,2,3,4). The van der Waals surface area contributed by atoms with Gasteiger partial charge < -0.3 is 10.6 Å². The zero-order valence-corrected chi connectivity index (χ0v) is 8.06. The predicted molar refractivity (Wildman–Crippen MR) is 50.7 cm³/mol. The first kappa shape index (κ1) is 11.7. The van der Waals surface area contributed by atoms with E-state index in [1.807, 2.05) is 24.3 Å². The van der Waals surface area contributed by atoms with E-state index in [4.69, 9.17) is 21.2 Å². The highest BCUT2D eigenvalue weighted by molar-refractivity contribution is 9.10. The van der Waals surface area contributed by atoms with Crippen LogP contribution in [0.1, 0.15) is 0 Å². The predicted octanol–water partition coefficient (Wildman–Crippen LogP) is 1.39. The first-order valence-electron chi connectivity index (χ1n) is 3.12. The first-order chi connectivity index (χ1) is 6.07. The van der Waals surface area contributed by atoms with Gasteiger partial charge in [-0.3, -0.25) is 5.84 Å². The van der Waals surface area contributed by atoms with Crippen molar-refractivity contribution in [2.75, 3.05) is 5.43 Å². The molecule has 13 heavy (non-hydrogen) atoms. The molecule has 0 aliphatic carbocycles. The molecule has 0 aromatic heterocycles. The van der Waals surface area contributed by atoms with Crippen LogP contribution in [0.25, 0.3) is 0 Å². The summed E-state index contributed by atoms with van der Waals surface area (Å²) in [5, 5.41) is 13.6. The summed E-state index contributed by atoms with van der Waals surface area (Å²) in [6, 6.07) is 7.67. The number of hydrogen-bond acceptors (Lipinski definition) is 4. The molecule has 0 atom stereocenters. The molecule has 72 valence electrons. The number of nitrogens with one attached hydrogen (secondary N) is 1. The minimum Gasteiger partial charge on any atom is -0.328 e. The number of anilines is 1. The molecular formula is C6H8BrN3O3. The third-order valence-electron chi connectivity index (χ3n) is 1.03. The van der Waals surface area contributed by atoms with Crippen molar-refractivity contribution in [2.45, 2.75) is 0 Å². The van der Waals surface area contributed by atoms with Crippen molar-refractivity contribution in [1.82, 2.24) is 0 Å². The Morgan fingerprint density at radius 2 is 2.00 bits per heavy atom. The maximum Gasteiger partial charge on any atom is 0.291 e. The van der Waals surface area contributed by atoms with Crippen molar-refractivity contribution in [3.8, 4) is 0 Å². The molecule has 0 radical (unpaired) electrons. The van der Waals surface area contributed by atoms with Crippen molar-refractivity contribution in [3.63, 3.8) is 0 Å². The Bertz CT molecular complexity index is 278. The van der Waals surface area contributed by atoms with Crippen LogP contribution in [0, 0.1) is 10.1 Å². The maximum absolute atomic E-state index is 8.36. The Morgan fingerprint density at radius 3 is 2.31 bits per heavy atom. The fourth-order valence-electron chi connectivity index (χ4n) is 0.578. The highest BCUT2D eigenvalue weighted by Gasteiger charge is 1.91. The number of nitrogen functional groups attached to an aromatic ring is 1. The van der Waals surface area contributed by atoms with Crippen molar-refractivity contribution < 1.29 is 10.3 Å². The number of rotatable bonds is 1. The van der Waals surface area contributed by atoms with Gasteiger partial charge in [-0.2, -0.15) is 0 Å². The molecule has 0 amide bonds. The fourth-order valence-corrected chi connectivity index (χ4v) is 0.978. The molecule has 1 rings (SSSR count). The molecule has 1 aromatic carbocycles. The largest absolute Gasteiger partial charge is 0.328 e. The lowest BCUT2D eigenvalue weighted by Gasteiger charge is -1.99. The molecule has 0 unspecified atom stereocenters. The van der Waals surface area contributed by atoms with Gasteiger partial charge in [0.2, 0.25) is 0 Å². The van der Waals surface area contributed by atoms with Gasteiger partial charge >= 0.3 is 0 Å². The Morgan fingerprint density at radius 1 is 1.54 bits per heavy atom. The van der Waals surface area contributed by atoms with Gasteiger partial charge in [0.15, 0.2) is 0 Å². The van der Waals surface area contributed by atoms with Gasteiger partial charge in [0.05, 0.1) is 5.69 Å². The Hall–Kier alpha value is -1.34. The molecule has 0 aliphatic rings. The highest BCUT2D eigenvalue weighted by Crippen LogP contribution is 2.19. The molecule has 0 bridgehead atoms. The van der Waals surface area contributed by atoms with E-state index in [0.29, 0.717) is 0 Å². The van der Waals surface area contributed by atoms with E-state index in [2.05, 4.69) is 21.4 Å². The molecule has 6 nitrogen and oxygen atoms in total. The summed E-state index contributed by atoms with van der Waals surface area (Å²) in [5.74, 6) is 5.17. The van der Waals surface area contributed by atoms with Crippen LogP contribution in [-0.2, 0) is 0 Å². The highest BCUT2D eigenvalue weighted by atomic mass is 79.9. The quantitative estimate of drug-likeness (QED) is 0.397. The third-order valence-corrected chi connectivity index (χ3v) is 1.72. The monoisotopic (exact) mass is 249 g/mol. The number of hydrazine groups is 1. The van der Waals surface area contributed by atoms with Crippen molar-refractivity contribution in [3.05, 3.63) is 38.9 Å². The van der Waals surface area contributed by atoms with Gasteiger partial charge in [-0.15, -0.1) is 10.1 Å². The summed E-state index contributed by atoms with van der Waals surface area (Å²) >= 11 is 3.31. The molecule has 0 heterocycles. The van der Waals surface area contributed by atoms with Crippen LogP contribution < -0.4 is 11.3 Å². The van der Waals surface area contributed by atoms with Crippen molar-refractivity contribution in [2.24, 2.45) is 5.84 Å². The van der Waals surface area contributed by atoms with Gasteiger partial charge in [0, 0.05) is 4.47 Å². The van der Waals surface area contributed by atoms with E-state index >= 15 is 0 Å². The lowest BCUT2D eigenvalue weighted by molar-refractivity contribution is -0.742. The van der Waals surface area contributed by atoms with E-state index in [-0.39, 0.29) is 0 Å². The SMILES string of the molecule is NNc1ccccc1Br.O=[N+]([O-])O. The van der Waals surface area contributed by atoms with E-state index in [1.165, 1.54) is 0 Å². The number of benzene rings is 1. The maximum atomic E-state index is 8.36. The summed E-state index contributed by atoms with van der Waals surface area (Å²) in [7, 11) is 0. The van der Waals surface area contributed by atoms with Gasteiger partial charge in [-0.25, -0.2) is 0 Å². The molecular weight excluding hydrogens is 242 g/mol. The van der Waals surface area contributed by atoms with E-state index < -0.39 is 5.09 Å². The van der Waals surface area contributed by atoms with Crippen LogP contribution >= 0.6 is 15.9 Å². The summed E-state index contributed by atoms with van der Waals surface area (Å²) in [4.78, 5) is 8.36. The van der Waals surface area contributed by atoms with Gasteiger partial charge in [-0.05, 0) is 28.1 Å². The molecule has 0 saturated carbocycles. The summed E-state index contributed by atoms with van der Waals surface area (Å²) < 4.78 is 0.979. The average Bonchev–Trinajstić information content (AvgIpc) is 2.04. The van der Waals surface area contributed by atoms with Crippen LogP contribution in [0.15, 0.2) is 28.7 Å². The zero-order chi connectivity index (χ0) is 10.3. The van der Waals surface area contributed by atoms with Crippen LogP contribution in [0.3, 0.4) is 0 Å². The van der Waals surface area contributed by atoms with Crippen molar-refractivity contribution >= 4 is 21.6 Å². The third kappa shape index (κ3) is 5.88. The van der Waals surface area contributed by atoms with Gasteiger partial charge in [0.25, 0.3) is 5.09 Å². The topological polar surface area (TPSA) is 101 Å². The van der Waals surface area contributed by atoms with E-state index in [9.17, 15) is 0 Å². The molecule has 4 N–H and O–H groups in total. The van der Waals surface area contributed by atoms with Gasteiger partial charge in [-0.1, -0.05) is 12.1 Å². The number of halogens is 1. The lowest BCUT2D eigenvalue weighted by atomic mass is 10.3. The minimum atomic E-state index is -1.50. The second-order valence-corrected chi connectivity index (χ2v) is 2.72. The van der Waals surface area contributed by atoms with Crippen LogP contribution in [-0.4, -0.2) is 10.3 Å². The molecule has 0 saturated heterocycles. The van der Waals surface area contributed by atoms with Crippen LogP contribution in [0.4, 0.5) is 5.69 Å². The Labute approximate surface area is 82.6 Å². The Balaban J connectivity index is 0.000000310. The zero-order valence-electron chi connectivity index (χ0n) is 6.48. The molecule has 0 aliphatic heterocycles. The summed E-state index contributed by atoms with van der Waals surface area (Å²) in [6.45, 7) is 0. The molecule has 0 spiro atoms. The second kappa shape index (κ2) is 6.21. The van der Waals surface area contributed by atoms with Gasteiger partial charge in [0.1, 0.15) is 0 Å². The Kier molecular flexibility index (Phi) is 5.57. The molecule has 7 heteroatoms. The lowest BCUT2D eigenvalue weighted by Crippen LogP contribution is -2.06. The number of hydrogen-bond donors (Lipinski definition) is 3. The normalized spacial score (nSPS) is 8.15. The fraction of sp³-hybridized carbons (Fsp3) is 0. The summed E-state index contributed by atoms with van der Waals surface area (Å²) in [6.07, 6.45) is 0. The number of nitrogens with two attached hydrogens (primary N) is 1. The first-order valence-corrected chi connectivity index (χ1v) is 3.91. The van der Waals surface area contributed by atoms with Crippen LogP contribution in [0.2, 0.25) is 0 Å². The minimum absolute atomic E-state index is 0.900. The van der Waals surface area contributed by atoms with E-state index in [0.717, 1.165) is 10.2 Å². The molecule has 1 aromatic rings. The number of para-hydroxylation sites is 1. The van der Waals surface area contributed by atoms with Crippen molar-refractivity contribution in [1.29, 1.82) is 0 Å². The summed E-state index contributed by atoms with van der Waals surface area (Å²) in [5.41, 5.74) is 3.45. The molecule has 0 fully saturated rings. The smallest absolute Gasteiger partial charge is 0.291 e. The van der Waals surface area contributed by atoms with E-state index in [1.54, 1.807) is 0 Å². The van der Waals surface area contributed by atoms with Crippen LogP contribution in [0.5, 0.6) is 0 Å².